The second kappa shape index (κ2) is 5.40. The maximum absolute atomic E-state index is 13.5. The van der Waals surface area contributed by atoms with E-state index in [2.05, 4.69) is 9.98 Å². The minimum Gasteiger partial charge on any atom is -0.493 e. The smallest absolute Gasteiger partial charge is 0.270 e. The first-order valence-corrected chi connectivity index (χ1v) is 6.57. The summed E-state index contributed by atoms with van der Waals surface area (Å²) in [6.07, 6.45) is 2.69. The highest BCUT2D eigenvalue weighted by atomic mass is 19.1. The molecular weight excluding hydrogens is 285 g/mol. The molecule has 0 amide bonds. The number of aryl methyl sites for hydroxylation is 1. The van der Waals surface area contributed by atoms with Gasteiger partial charge in [0.15, 0.2) is 0 Å². The minimum absolute atomic E-state index is 0.0790. The Morgan fingerprint density at radius 2 is 2.09 bits per heavy atom. The van der Waals surface area contributed by atoms with Gasteiger partial charge in [-0.3, -0.25) is 14.2 Å². The summed E-state index contributed by atoms with van der Waals surface area (Å²) in [5.41, 5.74) is 0.770. The van der Waals surface area contributed by atoms with E-state index in [4.69, 9.17) is 0 Å². The topological polar surface area (TPSA) is 67.0 Å². The summed E-state index contributed by atoms with van der Waals surface area (Å²) in [6, 6.07) is 9.34. The van der Waals surface area contributed by atoms with Crippen LogP contribution in [-0.4, -0.2) is 20.7 Å². The van der Waals surface area contributed by atoms with Crippen LogP contribution in [0, 0.1) is 12.7 Å². The number of benzene rings is 1. The number of aliphatic imine (C=N–C) groups is 1. The Hall–Kier alpha value is -3.02. The lowest BCUT2D eigenvalue weighted by molar-refractivity contribution is 0.452. The van der Waals surface area contributed by atoms with Gasteiger partial charge >= 0.3 is 0 Å². The Morgan fingerprint density at radius 3 is 2.86 bits per heavy atom. The van der Waals surface area contributed by atoms with Crippen molar-refractivity contribution >= 4 is 17.5 Å². The van der Waals surface area contributed by atoms with E-state index in [0.29, 0.717) is 5.65 Å². The van der Waals surface area contributed by atoms with Gasteiger partial charge in [0, 0.05) is 12.4 Å². The molecule has 0 fully saturated rings. The molecule has 22 heavy (non-hydrogen) atoms. The predicted octanol–water partition coefficient (Wildman–Crippen LogP) is 2.60. The molecule has 0 radical (unpaired) electrons. The molecule has 0 aliphatic carbocycles. The van der Waals surface area contributed by atoms with Crippen LogP contribution in [-0.2, 0) is 0 Å². The fourth-order valence-corrected chi connectivity index (χ4v) is 2.05. The van der Waals surface area contributed by atoms with Gasteiger partial charge in [-0.2, -0.15) is 4.98 Å². The molecule has 6 heteroatoms. The van der Waals surface area contributed by atoms with Crippen molar-refractivity contribution in [1.82, 2.24) is 9.38 Å². The van der Waals surface area contributed by atoms with Crippen molar-refractivity contribution in [3.8, 4) is 5.88 Å². The van der Waals surface area contributed by atoms with Crippen LogP contribution in [0.25, 0.3) is 5.65 Å². The summed E-state index contributed by atoms with van der Waals surface area (Å²) < 4.78 is 14.8. The van der Waals surface area contributed by atoms with Gasteiger partial charge in [-0.15, -0.1) is 0 Å². The fourth-order valence-electron chi connectivity index (χ4n) is 2.05. The van der Waals surface area contributed by atoms with Crippen molar-refractivity contribution in [2.45, 2.75) is 6.92 Å². The average Bonchev–Trinajstić information content (AvgIpc) is 2.48. The quantitative estimate of drug-likeness (QED) is 0.739. The lowest BCUT2D eigenvalue weighted by Crippen LogP contribution is -2.19. The van der Waals surface area contributed by atoms with Crippen LogP contribution in [0.1, 0.15) is 11.1 Å². The Morgan fingerprint density at radius 1 is 1.32 bits per heavy atom. The van der Waals surface area contributed by atoms with Crippen molar-refractivity contribution in [1.29, 1.82) is 0 Å². The van der Waals surface area contributed by atoms with E-state index in [1.165, 1.54) is 16.5 Å². The first-order chi connectivity index (χ1) is 10.6. The number of fused-ring (bicyclic) bond motifs is 1. The van der Waals surface area contributed by atoms with Crippen LogP contribution >= 0.6 is 0 Å². The van der Waals surface area contributed by atoms with E-state index in [1.807, 2.05) is 6.92 Å². The summed E-state index contributed by atoms with van der Waals surface area (Å²) in [4.78, 5) is 20.2. The molecule has 0 bridgehead atoms. The standard InChI is InChI=1S/C16H12FN3O2/c1-10-6-7-20-14(8-10)19-15(21)11(16(20)22)9-18-13-5-3-2-4-12(13)17/h2-9,21H,1H3. The molecule has 0 aliphatic rings. The van der Waals surface area contributed by atoms with Crippen molar-refractivity contribution in [3.63, 3.8) is 0 Å². The second-order valence-electron chi connectivity index (χ2n) is 4.80. The number of hydrogen-bond donors (Lipinski definition) is 1. The molecule has 0 spiro atoms. The van der Waals surface area contributed by atoms with Crippen molar-refractivity contribution < 1.29 is 9.50 Å². The minimum atomic E-state index is -0.511. The number of hydrogen-bond acceptors (Lipinski definition) is 4. The van der Waals surface area contributed by atoms with Gasteiger partial charge in [-0.05, 0) is 36.8 Å². The molecule has 0 saturated heterocycles. The third kappa shape index (κ3) is 2.46. The highest BCUT2D eigenvalue weighted by molar-refractivity contribution is 5.84. The maximum atomic E-state index is 13.5. The SMILES string of the molecule is Cc1ccn2c(=O)c(C=Nc3ccccc3F)c(O)nc2c1. The Balaban J connectivity index is 2.14. The van der Waals surface area contributed by atoms with Crippen LogP contribution in [0.4, 0.5) is 10.1 Å². The van der Waals surface area contributed by atoms with Gasteiger partial charge in [-0.1, -0.05) is 12.1 Å². The van der Waals surface area contributed by atoms with Gasteiger partial charge in [0.1, 0.15) is 17.0 Å². The van der Waals surface area contributed by atoms with Crippen LogP contribution < -0.4 is 5.56 Å². The Labute approximate surface area is 125 Å². The normalized spacial score (nSPS) is 11.4. The largest absolute Gasteiger partial charge is 0.493 e. The van der Waals surface area contributed by atoms with Gasteiger partial charge in [0.25, 0.3) is 5.56 Å². The molecule has 110 valence electrons. The maximum Gasteiger partial charge on any atom is 0.270 e. The second-order valence-corrected chi connectivity index (χ2v) is 4.80. The number of aromatic hydroxyl groups is 1. The molecule has 3 aromatic rings. The lowest BCUT2D eigenvalue weighted by Gasteiger charge is -2.04. The molecule has 1 aromatic carbocycles. The number of pyridine rings is 1. The number of para-hydroxylation sites is 1. The van der Waals surface area contributed by atoms with Gasteiger partial charge in [0.05, 0.1) is 5.69 Å². The molecule has 0 atom stereocenters. The summed E-state index contributed by atoms with van der Waals surface area (Å²) in [6.45, 7) is 1.86. The molecular formula is C16H12FN3O2. The fraction of sp³-hybridized carbons (Fsp3) is 0.0625. The lowest BCUT2D eigenvalue weighted by atomic mass is 10.2. The molecule has 1 N–H and O–H groups in total. The van der Waals surface area contributed by atoms with E-state index >= 15 is 0 Å². The van der Waals surface area contributed by atoms with E-state index in [0.717, 1.165) is 11.8 Å². The van der Waals surface area contributed by atoms with Crippen LogP contribution in [0.5, 0.6) is 5.88 Å². The van der Waals surface area contributed by atoms with Gasteiger partial charge < -0.3 is 5.11 Å². The first kappa shape index (κ1) is 13.9. The van der Waals surface area contributed by atoms with Crippen LogP contribution in [0.15, 0.2) is 52.4 Å². The summed E-state index contributed by atoms with van der Waals surface area (Å²) in [5, 5.41) is 9.92. The molecule has 2 heterocycles. The number of halogens is 1. The molecule has 3 rings (SSSR count). The first-order valence-electron chi connectivity index (χ1n) is 6.57. The molecule has 2 aromatic heterocycles. The molecule has 0 aliphatic heterocycles. The number of nitrogens with zero attached hydrogens (tertiary/aromatic N) is 3. The summed E-state index contributed by atoms with van der Waals surface area (Å²) in [7, 11) is 0. The number of rotatable bonds is 2. The Kier molecular flexibility index (Phi) is 3.42. The van der Waals surface area contributed by atoms with Crippen molar-refractivity contribution in [3.05, 3.63) is 69.9 Å². The Bertz CT molecular complexity index is 948. The molecule has 0 saturated carbocycles. The third-order valence-corrected chi connectivity index (χ3v) is 3.19. The van der Waals surface area contributed by atoms with E-state index in [9.17, 15) is 14.3 Å². The highest BCUT2D eigenvalue weighted by Crippen LogP contribution is 2.17. The van der Waals surface area contributed by atoms with E-state index in [-0.39, 0.29) is 11.3 Å². The molecule has 5 nitrogen and oxygen atoms in total. The third-order valence-electron chi connectivity index (χ3n) is 3.19. The monoisotopic (exact) mass is 297 g/mol. The zero-order valence-electron chi connectivity index (χ0n) is 11.7. The number of aromatic nitrogens is 2. The highest BCUT2D eigenvalue weighted by Gasteiger charge is 2.10. The van der Waals surface area contributed by atoms with Crippen LogP contribution in [0.2, 0.25) is 0 Å². The zero-order valence-corrected chi connectivity index (χ0v) is 11.7. The van der Waals surface area contributed by atoms with Crippen molar-refractivity contribution in [2.75, 3.05) is 0 Å². The van der Waals surface area contributed by atoms with E-state index < -0.39 is 17.3 Å². The zero-order chi connectivity index (χ0) is 15.7. The van der Waals surface area contributed by atoms with Crippen LogP contribution in [0.3, 0.4) is 0 Å². The van der Waals surface area contributed by atoms with Gasteiger partial charge in [-0.25, -0.2) is 4.39 Å². The van der Waals surface area contributed by atoms with Crippen molar-refractivity contribution in [2.24, 2.45) is 4.99 Å². The predicted molar refractivity (Wildman–Crippen MR) is 81.5 cm³/mol. The van der Waals surface area contributed by atoms with Gasteiger partial charge in [0.2, 0.25) is 5.88 Å². The summed E-state index contributed by atoms with van der Waals surface area (Å²) >= 11 is 0. The van der Waals surface area contributed by atoms with E-state index in [1.54, 1.807) is 30.5 Å². The molecule has 0 unspecified atom stereocenters. The average molecular weight is 297 g/mol. The summed E-state index contributed by atoms with van der Waals surface area (Å²) in [5.74, 6) is -0.946.